The standard InChI is InChI=1S/C12H14FN3O4/c1-20-12(17)15-5-4-14-7-11(15)9-3-2-8(16(18)19)6-10(9)13/h2-3,6,11,14H,4-5,7H2,1H3. The smallest absolute Gasteiger partial charge is 0.410 e. The van der Waals surface area contributed by atoms with Crippen LogP contribution in [0.25, 0.3) is 0 Å². The zero-order valence-corrected chi connectivity index (χ0v) is 10.8. The molecule has 1 atom stereocenters. The maximum absolute atomic E-state index is 14.0. The molecule has 0 aromatic heterocycles. The number of hydrogen-bond donors (Lipinski definition) is 1. The number of halogens is 1. The minimum atomic E-state index is -0.707. The summed E-state index contributed by atoms with van der Waals surface area (Å²) in [5, 5.41) is 13.7. The lowest BCUT2D eigenvalue weighted by Crippen LogP contribution is -2.48. The molecule has 1 fully saturated rings. The highest BCUT2D eigenvalue weighted by molar-refractivity contribution is 5.68. The minimum absolute atomic E-state index is 0.230. The first-order chi connectivity index (χ1) is 9.54. The molecule has 1 amide bonds. The lowest BCUT2D eigenvalue weighted by atomic mass is 10.0. The molecule has 0 spiro atoms. The number of nitro benzene ring substituents is 1. The number of piperazine rings is 1. The number of nitrogens with one attached hydrogen (secondary N) is 1. The number of hydrogen-bond acceptors (Lipinski definition) is 5. The number of amides is 1. The molecule has 108 valence electrons. The van der Waals surface area contributed by atoms with Crippen LogP contribution in [0.15, 0.2) is 18.2 Å². The molecule has 1 aromatic carbocycles. The number of carbonyl (C=O) groups is 1. The Kier molecular flexibility index (Phi) is 4.14. The van der Waals surface area contributed by atoms with Crippen molar-refractivity contribution >= 4 is 11.8 Å². The largest absolute Gasteiger partial charge is 0.453 e. The van der Waals surface area contributed by atoms with Crippen LogP contribution in [-0.2, 0) is 4.74 Å². The SMILES string of the molecule is COC(=O)N1CCNCC1c1ccc([N+](=O)[O-])cc1F. The maximum atomic E-state index is 14.0. The Morgan fingerprint density at radius 2 is 2.35 bits per heavy atom. The molecule has 1 aliphatic heterocycles. The maximum Gasteiger partial charge on any atom is 0.410 e. The third-order valence-corrected chi connectivity index (χ3v) is 3.21. The Balaban J connectivity index is 2.32. The van der Waals surface area contributed by atoms with Gasteiger partial charge in [-0.15, -0.1) is 0 Å². The van der Waals surface area contributed by atoms with Crippen LogP contribution in [0.5, 0.6) is 0 Å². The molecule has 1 unspecified atom stereocenters. The predicted octanol–water partition coefficient (Wildman–Crippen LogP) is 1.45. The Morgan fingerprint density at radius 3 is 2.95 bits per heavy atom. The van der Waals surface area contributed by atoms with Crippen LogP contribution in [0.1, 0.15) is 11.6 Å². The number of benzene rings is 1. The molecule has 1 aliphatic rings. The highest BCUT2D eigenvalue weighted by atomic mass is 19.1. The summed E-state index contributed by atoms with van der Waals surface area (Å²) in [5.41, 5.74) is -0.0900. The van der Waals surface area contributed by atoms with E-state index in [1.54, 1.807) is 0 Å². The zero-order chi connectivity index (χ0) is 14.7. The first-order valence-corrected chi connectivity index (χ1v) is 6.03. The van der Waals surface area contributed by atoms with Gasteiger partial charge in [-0.2, -0.15) is 0 Å². The van der Waals surface area contributed by atoms with E-state index < -0.39 is 22.9 Å². The summed E-state index contributed by atoms with van der Waals surface area (Å²) < 4.78 is 18.7. The molecule has 0 radical (unpaired) electrons. The molecular weight excluding hydrogens is 269 g/mol. The van der Waals surface area contributed by atoms with Crippen LogP contribution < -0.4 is 5.32 Å². The van der Waals surface area contributed by atoms with Crippen molar-refractivity contribution in [2.24, 2.45) is 0 Å². The fraction of sp³-hybridized carbons (Fsp3) is 0.417. The van der Waals surface area contributed by atoms with E-state index >= 15 is 0 Å². The summed E-state index contributed by atoms with van der Waals surface area (Å²) >= 11 is 0. The Labute approximate surface area is 114 Å². The second-order valence-electron chi connectivity index (χ2n) is 4.35. The summed E-state index contributed by atoms with van der Waals surface area (Å²) in [6, 6.07) is 2.88. The van der Waals surface area contributed by atoms with Gasteiger partial charge in [0.2, 0.25) is 0 Å². The fourth-order valence-electron chi connectivity index (χ4n) is 2.22. The summed E-state index contributed by atoms with van der Waals surface area (Å²) in [7, 11) is 1.26. The molecule has 0 bridgehead atoms. The molecule has 0 saturated carbocycles. The Bertz CT molecular complexity index is 537. The monoisotopic (exact) mass is 283 g/mol. The number of nitrogens with zero attached hydrogens (tertiary/aromatic N) is 2. The van der Waals surface area contributed by atoms with E-state index in [2.05, 4.69) is 10.1 Å². The molecule has 0 aliphatic carbocycles. The van der Waals surface area contributed by atoms with Crippen molar-refractivity contribution in [2.45, 2.75) is 6.04 Å². The second-order valence-corrected chi connectivity index (χ2v) is 4.35. The van der Waals surface area contributed by atoms with Crippen molar-refractivity contribution in [1.82, 2.24) is 10.2 Å². The zero-order valence-electron chi connectivity index (χ0n) is 10.8. The van der Waals surface area contributed by atoms with Gasteiger partial charge in [-0.3, -0.25) is 15.0 Å². The van der Waals surface area contributed by atoms with Crippen molar-refractivity contribution in [3.8, 4) is 0 Å². The van der Waals surface area contributed by atoms with Crippen LogP contribution in [-0.4, -0.2) is 42.7 Å². The van der Waals surface area contributed by atoms with E-state index in [9.17, 15) is 19.3 Å². The fourth-order valence-corrected chi connectivity index (χ4v) is 2.22. The van der Waals surface area contributed by atoms with Crippen molar-refractivity contribution < 1.29 is 18.8 Å². The van der Waals surface area contributed by atoms with E-state index in [0.717, 1.165) is 6.07 Å². The van der Waals surface area contributed by atoms with Crippen LogP contribution in [0.3, 0.4) is 0 Å². The molecule has 1 heterocycles. The van der Waals surface area contributed by atoms with Crippen LogP contribution in [0.2, 0.25) is 0 Å². The van der Waals surface area contributed by atoms with Gasteiger partial charge in [0.15, 0.2) is 0 Å². The number of nitro groups is 1. The number of non-ortho nitro benzene ring substituents is 1. The number of ether oxygens (including phenoxy) is 1. The van der Waals surface area contributed by atoms with Crippen LogP contribution in [0, 0.1) is 15.9 Å². The molecule has 8 heteroatoms. The quantitative estimate of drug-likeness (QED) is 0.656. The molecule has 1 saturated heterocycles. The molecule has 1 aromatic rings. The highest BCUT2D eigenvalue weighted by Crippen LogP contribution is 2.27. The van der Waals surface area contributed by atoms with E-state index in [0.29, 0.717) is 19.6 Å². The lowest BCUT2D eigenvalue weighted by Gasteiger charge is -2.35. The number of carbonyl (C=O) groups excluding carboxylic acids is 1. The van der Waals surface area contributed by atoms with Crippen molar-refractivity contribution in [3.05, 3.63) is 39.7 Å². The predicted molar refractivity (Wildman–Crippen MR) is 67.8 cm³/mol. The van der Waals surface area contributed by atoms with Gasteiger partial charge in [0.05, 0.1) is 24.1 Å². The highest BCUT2D eigenvalue weighted by Gasteiger charge is 2.30. The third kappa shape index (κ3) is 2.69. The first-order valence-electron chi connectivity index (χ1n) is 6.03. The molecular formula is C12H14FN3O4. The molecule has 2 rings (SSSR count). The molecule has 1 N–H and O–H groups in total. The average Bonchev–Trinajstić information content (AvgIpc) is 2.46. The van der Waals surface area contributed by atoms with Gasteiger partial charge in [-0.25, -0.2) is 9.18 Å². The van der Waals surface area contributed by atoms with Gasteiger partial charge >= 0.3 is 6.09 Å². The number of rotatable bonds is 2. The molecule has 20 heavy (non-hydrogen) atoms. The molecule has 7 nitrogen and oxygen atoms in total. The average molecular weight is 283 g/mol. The van der Waals surface area contributed by atoms with Gasteiger partial charge in [0, 0.05) is 31.3 Å². The van der Waals surface area contributed by atoms with Gasteiger partial charge in [-0.1, -0.05) is 0 Å². The normalized spacial score (nSPS) is 18.7. The summed E-state index contributed by atoms with van der Waals surface area (Å²) in [5.74, 6) is -0.707. The van der Waals surface area contributed by atoms with Gasteiger partial charge in [0.25, 0.3) is 5.69 Å². The van der Waals surface area contributed by atoms with E-state index in [1.807, 2.05) is 0 Å². The first kappa shape index (κ1) is 14.2. The van der Waals surface area contributed by atoms with Crippen molar-refractivity contribution in [3.63, 3.8) is 0 Å². The van der Waals surface area contributed by atoms with Gasteiger partial charge < -0.3 is 10.1 Å². The van der Waals surface area contributed by atoms with Crippen LogP contribution >= 0.6 is 0 Å². The van der Waals surface area contributed by atoms with E-state index in [-0.39, 0.29) is 11.3 Å². The summed E-state index contributed by atoms with van der Waals surface area (Å²) in [6.07, 6.45) is -0.547. The van der Waals surface area contributed by atoms with Crippen molar-refractivity contribution in [1.29, 1.82) is 0 Å². The number of methoxy groups -OCH3 is 1. The van der Waals surface area contributed by atoms with E-state index in [1.165, 1.54) is 24.1 Å². The Morgan fingerprint density at radius 1 is 1.60 bits per heavy atom. The topological polar surface area (TPSA) is 84.7 Å². The third-order valence-electron chi connectivity index (χ3n) is 3.21. The van der Waals surface area contributed by atoms with E-state index in [4.69, 9.17) is 0 Å². The van der Waals surface area contributed by atoms with Crippen LogP contribution in [0.4, 0.5) is 14.9 Å². The summed E-state index contributed by atoms with van der Waals surface area (Å²) in [4.78, 5) is 23.0. The van der Waals surface area contributed by atoms with Gasteiger partial charge in [0.1, 0.15) is 5.82 Å². The van der Waals surface area contributed by atoms with Gasteiger partial charge in [-0.05, 0) is 6.07 Å². The Hall–Kier alpha value is -2.22. The van der Waals surface area contributed by atoms with Crippen molar-refractivity contribution in [2.75, 3.05) is 26.7 Å². The second kappa shape index (κ2) is 5.83. The lowest BCUT2D eigenvalue weighted by molar-refractivity contribution is -0.385. The summed E-state index contributed by atoms with van der Waals surface area (Å²) in [6.45, 7) is 1.33. The minimum Gasteiger partial charge on any atom is -0.453 e.